The zero-order chi connectivity index (χ0) is 31.0. The van der Waals surface area contributed by atoms with Crippen molar-refractivity contribution in [2.24, 2.45) is 0 Å². The van der Waals surface area contributed by atoms with Crippen LogP contribution in [0.25, 0.3) is 0 Å². The Kier molecular flexibility index (Phi) is 12.2. The number of hydrogen-bond donors (Lipinski definition) is 0. The van der Waals surface area contributed by atoms with Gasteiger partial charge in [-0.3, -0.25) is 0 Å². The first kappa shape index (κ1) is 34.2. The lowest BCUT2D eigenvalue weighted by atomic mass is 9.64. The lowest BCUT2D eigenvalue weighted by Gasteiger charge is -2.40. The second kappa shape index (κ2) is 14.9. The molecule has 0 saturated heterocycles. The van der Waals surface area contributed by atoms with Crippen LogP contribution in [0.1, 0.15) is 65.5 Å². The number of methoxy groups -OCH3 is 4. The Hall–Kier alpha value is -2.30. The molecule has 0 heterocycles. The van der Waals surface area contributed by atoms with E-state index >= 15 is 0 Å². The fourth-order valence-electron chi connectivity index (χ4n) is 5.50. The zero-order valence-corrected chi connectivity index (χ0v) is 26.5. The molecule has 1 fully saturated rings. The molecule has 0 bridgehead atoms. The van der Waals surface area contributed by atoms with Crippen LogP contribution >= 0.6 is 0 Å². The molecular weight excluding hydrogens is 592 g/mol. The molecule has 0 unspecified atom stereocenters. The summed E-state index contributed by atoms with van der Waals surface area (Å²) in [7, 11) is -0.559. The Morgan fingerprint density at radius 1 is 0.548 bits per heavy atom. The van der Waals surface area contributed by atoms with Crippen LogP contribution in [-0.4, -0.2) is 59.5 Å². The number of hydrogen-bond acceptors (Lipinski definition) is 12. The second-order valence-corrected chi connectivity index (χ2v) is 12.6. The molecule has 3 rings (SSSR count). The van der Waals surface area contributed by atoms with Gasteiger partial charge in [-0.05, 0) is 48.2 Å². The molecule has 1 aliphatic carbocycles. The summed E-state index contributed by atoms with van der Waals surface area (Å²) in [5, 5.41) is 0. The lowest BCUT2D eigenvalue weighted by molar-refractivity contribution is 0.175. The average molecular weight is 633 g/mol. The molecule has 0 atom stereocenters. The van der Waals surface area contributed by atoms with Gasteiger partial charge >= 0.3 is 20.8 Å². The molecule has 14 heteroatoms. The second-order valence-electron chi connectivity index (χ2n) is 9.94. The van der Waals surface area contributed by atoms with Crippen LogP contribution in [0.3, 0.4) is 0 Å². The topological polar surface area (TPSA) is 142 Å². The third-order valence-electron chi connectivity index (χ3n) is 7.28. The Morgan fingerprint density at radius 3 is 1.12 bits per heavy atom. The minimum absolute atomic E-state index is 0.0701. The molecule has 1 aliphatic rings. The highest BCUT2D eigenvalue weighted by Gasteiger charge is 2.38. The standard InChI is InChI=1S/C28H40O12S2/c1-33-16-20-12-24(13-21(17-34-2)26(20)39-41(29,30)37-5)28(10-8-7-9-11-28)25-14-22(18-35-3)27(23(15-25)19-36-4)40-42(31,32)38-6/h12-15H,7-11,16-19H2,1-6H3. The predicted octanol–water partition coefficient (Wildman–Crippen LogP) is 4.06. The quantitative estimate of drug-likeness (QED) is 0.263. The van der Waals surface area contributed by atoms with Crippen LogP contribution in [0.2, 0.25) is 0 Å². The molecule has 0 N–H and O–H groups in total. The zero-order valence-electron chi connectivity index (χ0n) is 24.9. The van der Waals surface area contributed by atoms with E-state index < -0.39 is 26.2 Å². The van der Waals surface area contributed by atoms with Crippen molar-refractivity contribution in [1.29, 1.82) is 0 Å². The van der Waals surface area contributed by atoms with Gasteiger partial charge in [0.05, 0.1) is 40.6 Å². The summed E-state index contributed by atoms with van der Waals surface area (Å²) in [5.74, 6) is 0.174. The highest BCUT2D eigenvalue weighted by molar-refractivity contribution is 7.82. The molecule has 0 aromatic heterocycles. The van der Waals surface area contributed by atoms with Crippen LogP contribution < -0.4 is 8.37 Å². The number of ether oxygens (including phenoxy) is 4. The van der Waals surface area contributed by atoms with E-state index in [9.17, 15) is 16.8 Å². The Morgan fingerprint density at radius 2 is 0.857 bits per heavy atom. The van der Waals surface area contributed by atoms with E-state index in [-0.39, 0.29) is 37.9 Å². The maximum atomic E-state index is 12.3. The fraction of sp³-hybridized carbons (Fsp3) is 0.571. The maximum Gasteiger partial charge on any atom is 0.448 e. The smallest absolute Gasteiger partial charge is 0.380 e. The van der Waals surface area contributed by atoms with E-state index in [2.05, 4.69) is 8.37 Å². The molecule has 0 amide bonds. The minimum atomic E-state index is -4.32. The number of rotatable bonds is 16. The molecule has 0 radical (unpaired) electrons. The Labute approximate surface area is 248 Å². The van der Waals surface area contributed by atoms with Crippen LogP contribution in [0.4, 0.5) is 0 Å². The molecule has 2 aromatic rings. The van der Waals surface area contributed by atoms with E-state index in [4.69, 9.17) is 27.3 Å². The summed E-state index contributed by atoms with van der Waals surface area (Å²) < 4.78 is 90.7. The minimum Gasteiger partial charge on any atom is -0.380 e. The summed E-state index contributed by atoms with van der Waals surface area (Å²) in [6.45, 7) is 0.281. The van der Waals surface area contributed by atoms with E-state index in [1.165, 1.54) is 28.4 Å². The van der Waals surface area contributed by atoms with Gasteiger partial charge in [0.2, 0.25) is 0 Å². The molecule has 0 aliphatic heterocycles. The van der Waals surface area contributed by atoms with Gasteiger partial charge in [0.1, 0.15) is 0 Å². The van der Waals surface area contributed by atoms with Crippen LogP contribution in [-0.2, 0) is 80.0 Å². The van der Waals surface area contributed by atoms with Crippen molar-refractivity contribution in [3.05, 3.63) is 57.6 Å². The van der Waals surface area contributed by atoms with E-state index in [1.807, 2.05) is 24.3 Å². The molecular formula is C28H40O12S2. The third kappa shape index (κ3) is 7.99. The number of benzene rings is 2. The molecule has 12 nitrogen and oxygen atoms in total. The Bertz CT molecular complexity index is 1260. The van der Waals surface area contributed by atoms with E-state index in [0.29, 0.717) is 22.3 Å². The van der Waals surface area contributed by atoms with E-state index in [0.717, 1.165) is 57.5 Å². The molecule has 42 heavy (non-hydrogen) atoms. The van der Waals surface area contributed by atoms with Crippen molar-refractivity contribution in [2.45, 2.75) is 63.9 Å². The van der Waals surface area contributed by atoms with Crippen LogP contribution in [0.15, 0.2) is 24.3 Å². The third-order valence-corrected chi connectivity index (χ3v) is 8.83. The summed E-state index contributed by atoms with van der Waals surface area (Å²) >= 11 is 0. The SMILES string of the molecule is COCc1cc(C2(c3cc(COC)c(OS(=O)(=O)OC)c(COC)c3)CCCCC2)cc(COC)c1OS(=O)(=O)OC. The largest absolute Gasteiger partial charge is 0.448 e. The van der Waals surface area contributed by atoms with Crippen molar-refractivity contribution in [1.82, 2.24) is 0 Å². The highest BCUT2D eigenvalue weighted by atomic mass is 32.3. The van der Waals surface area contributed by atoms with Gasteiger partial charge < -0.3 is 27.3 Å². The van der Waals surface area contributed by atoms with Crippen LogP contribution in [0.5, 0.6) is 11.5 Å². The summed E-state index contributed by atoms with van der Waals surface area (Å²) in [6, 6.07) is 7.56. The molecule has 0 spiro atoms. The summed E-state index contributed by atoms with van der Waals surface area (Å²) in [4.78, 5) is 0. The molecule has 236 valence electrons. The summed E-state index contributed by atoms with van der Waals surface area (Å²) in [6.07, 6.45) is 4.47. The van der Waals surface area contributed by atoms with Crippen molar-refractivity contribution >= 4 is 20.8 Å². The van der Waals surface area contributed by atoms with Gasteiger partial charge in [0.25, 0.3) is 0 Å². The van der Waals surface area contributed by atoms with Crippen molar-refractivity contribution < 1.29 is 52.5 Å². The van der Waals surface area contributed by atoms with Crippen molar-refractivity contribution in [3.8, 4) is 11.5 Å². The van der Waals surface area contributed by atoms with Gasteiger partial charge in [-0.15, -0.1) is 0 Å². The molecule has 2 aromatic carbocycles. The Balaban J connectivity index is 2.34. The first-order valence-electron chi connectivity index (χ1n) is 13.3. The first-order valence-corrected chi connectivity index (χ1v) is 15.9. The monoisotopic (exact) mass is 632 g/mol. The summed E-state index contributed by atoms with van der Waals surface area (Å²) in [5.41, 5.74) is 3.31. The van der Waals surface area contributed by atoms with Crippen molar-refractivity contribution in [3.63, 3.8) is 0 Å². The normalized spacial score (nSPS) is 15.5. The fourth-order valence-corrected chi connectivity index (χ4v) is 6.47. The maximum absolute atomic E-state index is 12.3. The first-order chi connectivity index (χ1) is 20.0. The van der Waals surface area contributed by atoms with Gasteiger partial charge in [-0.25, -0.2) is 8.37 Å². The van der Waals surface area contributed by atoms with Gasteiger partial charge in [0, 0.05) is 56.1 Å². The molecule has 1 saturated carbocycles. The van der Waals surface area contributed by atoms with Crippen molar-refractivity contribution in [2.75, 3.05) is 42.7 Å². The predicted molar refractivity (Wildman–Crippen MR) is 153 cm³/mol. The van der Waals surface area contributed by atoms with Gasteiger partial charge in [0.15, 0.2) is 11.5 Å². The van der Waals surface area contributed by atoms with Gasteiger partial charge in [-0.1, -0.05) is 19.3 Å². The van der Waals surface area contributed by atoms with Crippen LogP contribution in [0, 0.1) is 0 Å². The lowest BCUT2D eigenvalue weighted by Crippen LogP contribution is -2.31. The van der Waals surface area contributed by atoms with Gasteiger partial charge in [-0.2, -0.15) is 16.8 Å². The average Bonchev–Trinajstić information content (AvgIpc) is 2.96. The highest BCUT2D eigenvalue weighted by Crippen LogP contribution is 2.48. The van der Waals surface area contributed by atoms with E-state index in [1.54, 1.807) is 0 Å².